The van der Waals surface area contributed by atoms with Crippen LogP contribution in [0, 0.1) is 6.92 Å². The number of rotatable bonds is 2. The molecule has 0 spiro atoms. The van der Waals surface area contributed by atoms with E-state index in [1.165, 1.54) is 0 Å². The number of amides is 2. The highest BCUT2D eigenvalue weighted by Gasteiger charge is 2.29. The van der Waals surface area contributed by atoms with Gasteiger partial charge in [0, 0.05) is 24.0 Å². The molecule has 0 bridgehead atoms. The van der Waals surface area contributed by atoms with Gasteiger partial charge in [-0.15, -0.1) is 0 Å². The smallest absolute Gasteiger partial charge is 0.242 e. The Morgan fingerprint density at radius 3 is 3.10 bits per heavy atom. The number of aryl methyl sites for hydroxylation is 1. The van der Waals surface area contributed by atoms with Crippen LogP contribution in [0.25, 0.3) is 11.0 Å². The molecule has 0 saturated carbocycles. The van der Waals surface area contributed by atoms with Crippen LogP contribution in [0.1, 0.15) is 18.1 Å². The normalized spacial score (nSPS) is 18.9. The van der Waals surface area contributed by atoms with Crippen molar-refractivity contribution in [2.24, 2.45) is 0 Å². The molecule has 1 aliphatic rings. The second kappa shape index (κ2) is 5.24. The molecule has 1 fully saturated rings. The number of carbonyl (C=O) groups excluding carboxylic acids is 2. The maximum Gasteiger partial charge on any atom is 0.242 e. The first-order valence-corrected chi connectivity index (χ1v) is 7.10. The summed E-state index contributed by atoms with van der Waals surface area (Å²) in [5.41, 5.74) is 2.78. The fourth-order valence-electron chi connectivity index (χ4n) is 2.71. The van der Waals surface area contributed by atoms with Gasteiger partial charge >= 0.3 is 0 Å². The summed E-state index contributed by atoms with van der Waals surface area (Å²) >= 11 is 0. The molecule has 3 rings (SSSR count). The fourth-order valence-corrected chi connectivity index (χ4v) is 2.71. The van der Waals surface area contributed by atoms with Gasteiger partial charge < -0.3 is 14.6 Å². The van der Waals surface area contributed by atoms with E-state index in [2.05, 4.69) is 5.32 Å². The monoisotopic (exact) mass is 286 g/mol. The highest BCUT2D eigenvalue weighted by molar-refractivity contribution is 5.92. The van der Waals surface area contributed by atoms with Crippen molar-refractivity contribution in [3.63, 3.8) is 0 Å². The van der Waals surface area contributed by atoms with Crippen LogP contribution in [0.5, 0.6) is 0 Å². The lowest BCUT2D eigenvalue weighted by Gasteiger charge is -2.32. The molecule has 0 radical (unpaired) electrons. The molecular weight excluding hydrogens is 268 g/mol. The van der Waals surface area contributed by atoms with Gasteiger partial charge in [-0.25, -0.2) is 0 Å². The molecule has 1 N–H and O–H groups in total. The number of piperazine rings is 1. The van der Waals surface area contributed by atoms with Gasteiger partial charge in [-0.2, -0.15) is 0 Å². The number of benzene rings is 1. The van der Waals surface area contributed by atoms with E-state index in [0.29, 0.717) is 13.1 Å². The van der Waals surface area contributed by atoms with Crippen molar-refractivity contribution in [3.8, 4) is 0 Å². The molecule has 1 unspecified atom stereocenters. The van der Waals surface area contributed by atoms with Crippen LogP contribution in [-0.2, 0) is 16.0 Å². The van der Waals surface area contributed by atoms with Gasteiger partial charge in [0.1, 0.15) is 11.6 Å². The summed E-state index contributed by atoms with van der Waals surface area (Å²) < 4.78 is 5.52. The van der Waals surface area contributed by atoms with Crippen LogP contribution in [0.4, 0.5) is 0 Å². The predicted octanol–water partition coefficient (Wildman–Crippen LogP) is 1.63. The third-order valence-corrected chi connectivity index (χ3v) is 3.97. The van der Waals surface area contributed by atoms with Gasteiger partial charge in [0.2, 0.25) is 11.8 Å². The van der Waals surface area contributed by atoms with Gasteiger partial charge in [0.25, 0.3) is 0 Å². The maximum atomic E-state index is 12.4. The Morgan fingerprint density at radius 1 is 1.48 bits per heavy atom. The number of fused-ring (bicyclic) bond motifs is 1. The van der Waals surface area contributed by atoms with E-state index < -0.39 is 6.04 Å². The van der Waals surface area contributed by atoms with Crippen LogP contribution < -0.4 is 5.32 Å². The molecule has 1 atom stereocenters. The van der Waals surface area contributed by atoms with Crippen LogP contribution in [0.2, 0.25) is 0 Å². The number of nitrogens with zero attached hydrogens (tertiary/aromatic N) is 1. The third-order valence-electron chi connectivity index (χ3n) is 3.97. The van der Waals surface area contributed by atoms with Crippen LogP contribution in [-0.4, -0.2) is 35.8 Å². The third kappa shape index (κ3) is 2.51. The highest BCUT2D eigenvalue weighted by atomic mass is 16.3. The van der Waals surface area contributed by atoms with Gasteiger partial charge in [-0.05, 0) is 25.5 Å². The molecular formula is C16H18N2O3. The van der Waals surface area contributed by atoms with Crippen molar-refractivity contribution in [1.82, 2.24) is 10.2 Å². The molecule has 1 aliphatic heterocycles. The zero-order chi connectivity index (χ0) is 15.0. The number of hydrogen-bond acceptors (Lipinski definition) is 3. The Hall–Kier alpha value is -2.30. The lowest BCUT2D eigenvalue weighted by Crippen LogP contribution is -2.56. The number of nitrogens with one attached hydrogen (secondary N) is 1. The van der Waals surface area contributed by atoms with Crippen molar-refractivity contribution in [2.75, 3.05) is 13.1 Å². The highest BCUT2D eigenvalue weighted by Crippen LogP contribution is 2.23. The molecule has 5 heteroatoms. The quantitative estimate of drug-likeness (QED) is 0.912. The minimum Gasteiger partial charge on any atom is -0.464 e. The van der Waals surface area contributed by atoms with E-state index in [0.717, 1.165) is 22.1 Å². The Bertz CT molecular complexity index is 705. The second-order valence-electron chi connectivity index (χ2n) is 5.49. The van der Waals surface area contributed by atoms with Crippen LogP contribution >= 0.6 is 0 Å². The van der Waals surface area contributed by atoms with E-state index in [1.54, 1.807) is 18.1 Å². The number of furan rings is 1. The number of carbonyl (C=O) groups is 2. The van der Waals surface area contributed by atoms with Crippen molar-refractivity contribution < 1.29 is 14.0 Å². The summed E-state index contributed by atoms with van der Waals surface area (Å²) in [5.74, 6) is -0.136. The fraction of sp³-hybridized carbons (Fsp3) is 0.375. The maximum absolute atomic E-state index is 12.4. The molecule has 21 heavy (non-hydrogen) atoms. The Labute approximate surface area is 122 Å². The van der Waals surface area contributed by atoms with E-state index in [1.807, 2.05) is 25.1 Å². The second-order valence-corrected chi connectivity index (χ2v) is 5.49. The molecule has 1 aromatic heterocycles. The summed E-state index contributed by atoms with van der Waals surface area (Å²) in [5, 5.41) is 3.72. The zero-order valence-corrected chi connectivity index (χ0v) is 12.2. The summed E-state index contributed by atoms with van der Waals surface area (Å²) in [6, 6.07) is 5.53. The summed E-state index contributed by atoms with van der Waals surface area (Å²) in [6.45, 7) is 4.82. The molecule has 2 aromatic rings. The van der Waals surface area contributed by atoms with Crippen molar-refractivity contribution >= 4 is 22.8 Å². The first-order chi connectivity index (χ1) is 10.1. The van der Waals surface area contributed by atoms with Crippen LogP contribution in [0.3, 0.4) is 0 Å². The predicted molar refractivity (Wildman–Crippen MR) is 78.8 cm³/mol. The van der Waals surface area contributed by atoms with Gasteiger partial charge in [0.15, 0.2) is 0 Å². The van der Waals surface area contributed by atoms with Crippen molar-refractivity contribution in [3.05, 3.63) is 35.6 Å². The van der Waals surface area contributed by atoms with Gasteiger partial charge in [0.05, 0.1) is 12.7 Å². The lowest BCUT2D eigenvalue weighted by atomic mass is 10.1. The van der Waals surface area contributed by atoms with E-state index >= 15 is 0 Å². The lowest BCUT2D eigenvalue weighted by molar-refractivity contribution is -0.142. The van der Waals surface area contributed by atoms with Gasteiger partial charge in [-0.3, -0.25) is 9.59 Å². The number of hydrogen-bond donors (Lipinski definition) is 1. The zero-order valence-electron chi connectivity index (χ0n) is 12.2. The van der Waals surface area contributed by atoms with E-state index in [4.69, 9.17) is 4.42 Å². The molecule has 5 nitrogen and oxygen atoms in total. The summed E-state index contributed by atoms with van der Waals surface area (Å²) in [7, 11) is 0. The van der Waals surface area contributed by atoms with E-state index in [9.17, 15) is 9.59 Å². The largest absolute Gasteiger partial charge is 0.464 e. The molecule has 1 aromatic carbocycles. The average molecular weight is 286 g/mol. The molecule has 110 valence electrons. The first-order valence-electron chi connectivity index (χ1n) is 7.10. The minimum atomic E-state index is -0.411. The first kappa shape index (κ1) is 13.7. The van der Waals surface area contributed by atoms with Crippen molar-refractivity contribution in [1.29, 1.82) is 0 Å². The summed E-state index contributed by atoms with van der Waals surface area (Å²) in [6.07, 6.45) is 1.89. The average Bonchev–Trinajstić information content (AvgIpc) is 2.84. The van der Waals surface area contributed by atoms with E-state index in [-0.39, 0.29) is 18.2 Å². The molecule has 2 heterocycles. The Balaban J connectivity index is 1.81. The Kier molecular flexibility index (Phi) is 3.41. The molecule has 2 amide bonds. The SMILES string of the molecule is Cc1ccc2c(CC(=O)N3CCNC(=O)C3C)coc2c1. The molecule has 1 saturated heterocycles. The summed E-state index contributed by atoms with van der Waals surface area (Å²) in [4.78, 5) is 25.7. The van der Waals surface area contributed by atoms with Crippen molar-refractivity contribution in [2.45, 2.75) is 26.3 Å². The topological polar surface area (TPSA) is 62.6 Å². The standard InChI is InChI=1S/C16H18N2O3/c1-10-3-4-13-12(9-21-14(13)7-10)8-15(19)18-6-5-17-16(20)11(18)2/h3-4,7,9,11H,5-6,8H2,1-2H3,(H,17,20). The van der Waals surface area contributed by atoms with Gasteiger partial charge in [-0.1, -0.05) is 12.1 Å². The van der Waals surface area contributed by atoms with Crippen LogP contribution in [0.15, 0.2) is 28.9 Å². The minimum absolute atomic E-state index is 0.0411. The Morgan fingerprint density at radius 2 is 2.29 bits per heavy atom. The molecule has 0 aliphatic carbocycles.